The largest absolute Gasteiger partial charge is 0.220 e. The van der Waals surface area contributed by atoms with Gasteiger partial charge in [-0.15, -0.1) is 0 Å². The molecule has 1 aromatic carbocycles. The first-order chi connectivity index (χ1) is 8.69. The first kappa shape index (κ1) is 13.1. The lowest BCUT2D eigenvalue weighted by Crippen LogP contribution is -2.25. The van der Waals surface area contributed by atoms with Crippen molar-refractivity contribution >= 4 is 17.9 Å². The van der Waals surface area contributed by atoms with Crippen molar-refractivity contribution in [3.05, 3.63) is 41.0 Å². The lowest BCUT2D eigenvalue weighted by molar-refractivity contribution is 0.320. The highest BCUT2D eigenvalue weighted by Gasteiger charge is 2.14. The van der Waals surface area contributed by atoms with Crippen LogP contribution in [-0.2, 0) is 0 Å². The van der Waals surface area contributed by atoms with Gasteiger partial charge in [0, 0.05) is 13.1 Å². The summed E-state index contributed by atoms with van der Waals surface area (Å²) in [5.41, 5.74) is 2.96. The Balaban J connectivity index is 2.01. The molecule has 94 valence electrons. The van der Waals surface area contributed by atoms with Crippen molar-refractivity contribution in [3.63, 3.8) is 0 Å². The fourth-order valence-electron chi connectivity index (χ4n) is 2.22. The van der Waals surface area contributed by atoms with E-state index in [-0.39, 0.29) is 0 Å². The van der Waals surface area contributed by atoms with Crippen LogP contribution < -0.4 is 0 Å². The summed E-state index contributed by atoms with van der Waals surface area (Å²) in [5, 5.41) is 8.88. The van der Waals surface area contributed by atoms with E-state index in [2.05, 4.69) is 24.3 Å². The van der Waals surface area contributed by atoms with Crippen LogP contribution in [-0.4, -0.2) is 17.5 Å². The summed E-state index contributed by atoms with van der Waals surface area (Å²) in [6, 6.07) is 8.13. The average Bonchev–Trinajstić information content (AvgIpc) is 2.38. The van der Waals surface area contributed by atoms with E-state index < -0.39 is 0 Å². The maximum Gasteiger partial charge on any atom is 0.0994 e. The maximum atomic E-state index is 8.88. The molecular weight excluding hydrogens is 244 g/mol. The fraction of sp³-hybridized carbons (Fsp3) is 0.400. The number of halogens is 1. The van der Waals surface area contributed by atoms with Crippen molar-refractivity contribution in [2.24, 2.45) is 5.92 Å². The molecule has 0 spiro atoms. The Labute approximate surface area is 114 Å². The van der Waals surface area contributed by atoms with Crippen molar-refractivity contribution in [1.82, 2.24) is 4.42 Å². The minimum atomic E-state index is 0.621. The second-order valence-corrected chi connectivity index (χ2v) is 5.27. The number of aryl methyl sites for hydroxylation is 1. The lowest BCUT2D eigenvalue weighted by atomic mass is 9.96. The zero-order valence-corrected chi connectivity index (χ0v) is 11.3. The summed E-state index contributed by atoms with van der Waals surface area (Å²) in [7, 11) is 0. The summed E-state index contributed by atoms with van der Waals surface area (Å²) in [4.78, 5) is 0. The SMILES string of the molecule is Cc1cc(/C=C/C2CCN(Cl)CC2)ccc1C#N. The molecule has 1 heterocycles. The maximum absolute atomic E-state index is 8.88. The van der Waals surface area contributed by atoms with Crippen LogP contribution >= 0.6 is 11.8 Å². The van der Waals surface area contributed by atoms with Gasteiger partial charge in [0.05, 0.1) is 11.6 Å². The molecule has 1 fully saturated rings. The first-order valence-corrected chi connectivity index (χ1v) is 6.62. The third-order valence-corrected chi connectivity index (χ3v) is 3.75. The Kier molecular flexibility index (Phi) is 4.41. The molecule has 0 unspecified atom stereocenters. The van der Waals surface area contributed by atoms with Gasteiger partial charge in [-0.25, -0.2) is 4.42 Å². The van der Waals surface area contributed by atoms with Crippen LogP contribution in [0, 0.1) is 24.2 Å². The molecule has 0 aromatic heterocycles. The van der Waals surface area contributed by atoms with E-state index in [0.29, 0.717) is 5.92 Å². The van der Waals surface area contributed by atoms with Crippen molar-refractivity contribution < 1.29 is 0 Å². The quantitative estimate of drug-likeness (QED) is 0.758. The highest BCUT2D eigenvalue weighted by atomic mass is 35.5. The standard InChI is InChI=1S/C15H17ClN2/c1-12-10-14(4-5-15(12)11-17)3-2-13-6-8-18(16)9-7-13/h2-5,10,13H,6-9H2,1H3/b3-2+. The molecule has 0 atom stereocenters. The number of hydrogen-bond donors (Lipinski definition) is 0. The van der Waals surface area contributed by atoms with Gasteiger partial charge in [0.1, 0.15) is 0 Å². The number of rotatable bonds is 2. The van der Waals surface area contributed by atoms with E-state index in [4.69, 9.17) is 17.0 Å². The molecule has 2 nitrogen and oxygen atoms in total. The molecule has 3 heteroatoms. The zero-order chi connectivity index (χ0) is 13.0. The Morgan fingerprint density at radius 2 is 2.11 bits per heavy atom. The zero-order valence-electron chi connectivity index (χ0n) is 10.6. The second-order valence-electron chi connectivity index (χ2n) is 4.79. The summed E-state index contributed by atoms with van der Waals surface area (Å²) in [6.45, 7) is 3.90. The van der Waals surface area contributed by atoms with Crippen molar-refractivity contribution in [2.45, 2.75) is 19.8 Å². The molecular formula is C15H17ClN2. The highest BCUT2D eigenvalue weighted by Crippen LogP contribution is 2.21. The molecule has 0 bridgehead atoms. The van der Waals surface area contributed by atoms with Crippen LogP contribution in [0.15, 0.2) is 24.3 Å². The van der Waals surface area contributed by atoms with Crippen LogP contribution in [0.3, 0.4) is 0 Å². The number of piperidine rings is 1. The number of hydrogen-bond acceptors (Lipinski definition) is 2. The van der Waals surface area contributed by atoms with Crippen LogP contribution in [0.2, 0.25) is 0 Å². The van der Waals surface area contributed by atoms with Gasteiger partial charge in [-0.1, -0.05) is 24.3 Å². The van der Waals surface area contributed by atoms with Gasteiger partial charge < -0.3 is 0 Å². The monoisotopic (exact) mass is 260 g/mol. The Morgan fingerprint density at radius 3 is 2.72 bits per heavy atom. The number of benzene rings is 1. The molecule has 0 aliphatic carbocycles. The molecule has 1 aromatic rings. The summed E-state index contributed by atoms with van der Waals surface area (Å²) in [5.74, 6) is 0.621. The van der Waals surface area contributed by atoms with Gasteiger partial charge in [0.15, 0.2) is 0 Å². The summed E-state index contributed by atoms with van der Waals surface area (Å²) < 4.78 is 1.86. The molecule has 1 aliphatic rings. The molecule has 2 rings (SSSR count). The third-order valence-electron chi connectivity index (χ3n) is 3.42. The van der Waals surface area contributed by atoms with Crippen LogP contribution in [0.25, 0.3) is 6.08 Å². The molecule has 0 amide bonds. The van der Waals surface area contributed by atoms with Crippen molar-refractivity contribution in [1.29, 1.82) is 5.26 Å². The smallest absolute Gasteiger partial charge is 0.0994 e. The van der Waals surface area contributed by atoms with Crippen molar-refractivity contribution in [3.8, 4) is 6.07 Å². The summed E-state index contributed by atoms with van der Waals surface area (Å²) in [6.07, 6.45) is 6.66. The van der Waals surface area contributed by atoms with Gasteiger partial charge in [-0.2, -0.15) is 5.26 Å². The van der Waals surface area contributed by atoms with E-state index in [9.17, 15) is 0 Å². The van der Waals surface area contributed by atoms with Gasteiger partial charge >= 0.3 is 0 Å². The molecule has 0 N–H and O–H groups in total. The van der Waals surface area contributed by atoms with E-state index in [1.165, 1.54) is 5.56 Å². The first-order valence-electron chi connectivity index (χ1n) is 6.28. The van der Waals surface area contributed by atoms with E-state index in [0.717, 1.165) is 37.1 Å². The fourth-order valence-corrected chi connectivity index (χ4v) is 2.42. The van der Waals surface area contributed by atoms with E-state index >= 15 is 0 Å². The summed E-state index contributed by atoms with van der Waals surface area (Å²) >= 11 is 5.93. The molecule has 1 saturated heterocycles. The van der Waals surface area contributed by atoms with Gasteiger partial charge in [-0.05, 0) is 54.7 Å². The number of nitrogens with zero attached hydrogens (tertiary/aromatic N) is 2. The normalized spacial score (nSPS) is 18.1. The minimum Gasteiger partial charge on any atom is -0.220 e. The average molecular weight is 261 g/mol. The van der Waals surface area contributed by atoms with Crippen LogP contribution in [0.5, 0.6) is 0 Å². The Bertz CT molecular complexity index is 480. The molecule has 18 heavy (non-hydrogen) atoms. The van der Waals surface area contributed by atoms with E-state index in [1.54, 1.807) is 0 Å². The van der Waals surface area contributed by atoms with Crippen molar-refractivity contribution in [2.75, 3.05) is 13.1 Å². The Morgan fingerprint density at radius 1 is 1.39 bits per heavy atom. The minimum absolute atomic E-state index is 0.621. The molecule has 1 aliphatic heterocycles. The topological polar surface area (TPSA) is 27.0 Å². The van der Waals surface area contributed by atoms with Crippen LogP contribution in [0.1, 0.15) is 29.5 Å². The number of nitriles is 1. The van der Waals surface area contributed by atoms with Gasteiger partial charge in [0.2, 0.25) is 0 Å². The Hall–Kier alpha value is -1.30. The highest BCUT2D eigenvalue weighted by molar-refractivity contribution is 6.13. The lowest BCUT2D eigenvalue weighted by Gasteiger charge is -2.24. The number of allylic oxidation sites excluding steroid dienone is 1. The molecule has 0 saturated carbocycles. The van der Waals surface area contributed by atoms with E-state index in [1.807, 2.05) is 23.5 Å². The van der Waals surface area contributed by atoms with Crippen LogP contribution in [0.4, 0.5) is 0 Å². The predicted octanol–water partition coefficient (Wildman–Crippen LogP) is 3.75. The van der Waals surface area contributed by atoms with Gasteiger partial charge in [0.25, 0.3) is 0 Å². The third kappa shape index (κ3) is 3.35. The van der Waals surface area contributed by atoms with Gasteiger partial charge in [-0.3, -0.25) is 0 Å². The molecule has 0 radical (unpaired) electrons. The second kappa shape index (κ2) is 6.04. The predicted molar refractivity (Wildman–Crippen MR) is 75.1 cm³/mol.